The molecule has 0 radical (unpaired) electrons. The van der Waals surface area contributed by atoms with Gasteiger partial charge in [-0.25, -0.2) is 0 Å². The summed E-state index contributed by atoms with van der Waals surface area (Å²) < 4.78 is 6.12. The minimum atomic E-state index is -0.395. The molecule has 5 nitrogen and oxygen atoms in total. The summed E-state index contributed by atoms with van der Waals surface area (Å²) in [5.41, 5.74) is 5.64. The van der Waals surface area contributed by atoms with Crippen molar-refractivity contribution in [1.82, 2.24) is 10.9 Å². The Kier molecular flexibility index (Phi) is 6.90. The summed E-state index contributed by atoms with van der Waals surface area (Å²) in [6.07, 6.45) is 0.757. The summed E-state index contributed by atoms with van der Waals surface area (Å²) in [4.78, 5) is 23.9. The van der Waals surface area contributed by atoms with Gasteiger partial charge in [-0.1, -0.05) is 23.2 Å². The van der Waals surface area contributed by atoms with E-state index in [2.05, 4.69) is 10.9 Å². The molecule has 0 saturated carbocycles. The first-order valence-corrected chi connectivity index (χ1v) is 8.76. The molecule has 24 heavy (non-hydrogen) atoms. The maximum absolute atomic E-state index is 11.7. The second-order valence-electron chi connectivity index (χ2n) is 4.97. The van der Waals surface area contributed by atoms with Crippen molar-refractivity contribution in [3.8, 4) is 5.75 Å². The van der Waals surface area contributed by atoms with Gasteiger partial charge in [0, 0.05) is 11.4 Å². The molecule has 0 aliphatic heterocycles. The van der Waals surface area contributed by atoms with Crippen LogP contribution in [0, 0.1) is 6.92 Å². The highest BCUT2D eigenvalue weighted by atomic mass is 35.5. The summed E-state index contributed by atoms with van der Waals surface area (Å²) >= 11 is 12.8. The molecule has 0 fully saturated rings. The van der Waals surface area contributed by atoms with Crippen LogP contribution in [0.1, 0.15) is 28.1 Å². The molecule has 0 saturated heterocycles. The molecule has 1 aromatic carbocycles. The zero-order valence-electron chi connectivity index (χ0n) is 12.9. The largest absolute Gasteiger partial charge is 0.493 e. The van der Waals surface area contributed by atoms with Crippen molar-refractivity contribution in [3.05, 3.63) is 50.1 Å². The van der Waals surface area contributed by atoms with Gasteiger partial charge in [-0.15, -0.1) is 11.3 Å². The van der Waals surface area contributed by atoms with Crippen LogP contribution in [-0.4, -0.2) is 18.4 Å². The van der Waals surface area contributed by atoms with Gasteiger partial charge in [0.1, 0.15) is 5.75 Å². The Labute approximate surface area is 153 Å². The number of hydrazine groups is 1. The van der Waals surface area contributed by atoms with Gasteiger partial charge in [-0.2, -0.15) is 0 Å². The number of hydrogen-bond donors (Lipinski definition) is 2. The fourth-order valence-corrected chi connectivity index (χ4v) is 3.04. The summed E-state index contributed by atoms with van der Waals surface area (Å²) in [5, 5.41) is 0.655. The van der Waals surface area contributed by atoms with Crippen LogP contribution in [-0.2, 0) is 4.79 Å². The first kappa shape index (κ1) is 18.6. The Balaban J connectivity index is 1.65. The lowest BCUT2D eigenvalue weighted by Gasteiger charge is -2.09. The number of thiophene rings is 1. The summed E-state index contributed by atoms with van der Waals surface area (Å²) in [6, 6.07) is 8.58. The van der Waals surface area contributed by atoms with Gasteiger partial charge in [0.25, 0.3) is 5.91 Å². The van der Waals surface area contributed by atoms with Crippen molar-refractivity contribution in [1.29, 1.82) is 0 Å². The van der Waals surface area contributed by atoms with Crippen molar-refractivity contribution in [2.75, 3.05) is 6.61 Å². The molecule has 0 aliphatic carbocycles. The normalized spacial score (nSPS) is 10.3. The van der Waals surface area contributed by atoms with Crippen LogP contribution in [0.15, 0.2) is 30.3 Å². The Bertz CT molecular complexity index is 734. The third-order valence-corrected chi connectivity index (χ3v) is 4.52. The van der Waals surface area contributed by atoms with E-state index in [1.807, 2.05) is 13.0 Å². The molecule has 0 spiro atoms. The number of amides is 2. The van der Waals surface area contributed by atoms with Crippen LogP contribution < -0.4 is 15.6 Å². The molecule has 0 bridgehead atoms. The SMILES string of the molecule is Cc1cc(Cl)ccc1OCCCC(=O)NNC(=O)c1ccc(Cl)s1. The van der Waals surface area contributed by atoms with E-state index in [0.717, 1.165) is 22.6 Å². The number of benzene rings is 1. The molecule has 1 aromatic heterocycles. The molecule has 2 aromatic rings. The molecule has 128 valence electrons. The van der Waals surface area contributed by atoms with E-state index >= 15 is 0 Å². The van der Waals surface area contributed by atoms with Gasteiger partial charge in [-0.05, 0) is 49.2 Å². The van der Waals surface area contributed by atoms with Crippen molar-refractivity contribution in [2.24, 2.45) is 0 Å². The maximum atomic E-state index is 11.7. The summed E-state index contributed by atoms with van der Waals surface area (Å²) in [5.74, 6) is 0.0541. The number of nitrogens with one attached hydrogen (secondary N) is 2. The van der Waals surface area contributed by atoms with Crippen molar-refractivity contribution >= 4 is 46.4 Å². The van der Waals surface area contributed by atoms with E-state index in [1.54, 1.807) is 24.3 Å². The first-order chi connectivity index (χ1) is 11.5. The van der Waals surface area contributed by atoms with E-state index in [-0.39, 0.29) is 12.3 Å². The number of rotatable bonds is 6. The van der Waals surface area contributed by atoms with E-state index in [0.29, 0.717) is 27.3 Å². The minimum absolute atomic E-state index is 0.234. The lowest BCUT2D eigenvalue weighted by Crippen LogP contribution is -2.41. The van der Waals surface area contributed by atoms with Crippen LogP contribution in [0.25, 0.3) is 0 Å². The van der Waals surface area contributed by atoms with E-state index < -0.39 is 5.91 Å². The number of carbonyl (C=O) groups excluding carboxylic acids is 2. The third-order valence-electron chi connectivity index (χ3n) is 3.06. The second kappa shape index (κ2) is 8.92. The topological polar surface area (TPSA) is 67.4 Å². The van der Waals surface area contributed by atoms with E-state index in [4.69, 9.17) is 27.9 Å². The van der Waals surface area contributed by atoms with Gasteiger partial charge in [0.05, 0.1) is 15.8 Å². The molecule has 0 atom stereocenters. The Morgan fingerprint density at radius 2 is 1.96 bits per heavy atom. The lowest BCUT2D eigenvalue weighted by atomic mass is 10.2. The zero-order valence-corrected chi connectivity index (χ0v) is 15.2. The molecular formula is C16H16Cl2N2O3S. The highest BCUT2D eigenvalue weighted by molar-refractivity contribution is 7.17. The third kappa shape index (κ3) is 5.70. The van der Waals surface area contributed by atoms with Crippen LogP contribution in [0.3, 0.4) is 0 Å². The Morgan fingerprint density at radius 1 is 1.17 bits per heavy atom. The number of hydrogen-bond acceptors (Lipinski definition) is 4. The van der Waals surface area contributed by atoms with Crippen molar-refractivity contribution in [3.63, 3.8) is 0 Å². The van der Waals surface area contributed by atoms with Crippen molar-refractivity contribution < 1.29 is 14.3 Å². The van der Waals surface area contributed by atoms with Crippen LogP contribution in [0.5, 0.6) is 5.75 Å². The Hall–Kier alpha value is -1.76. The smallest absolute Gasteiger partial charge is 0.279 e. The number of aryl methyl sites for hydroxylation is 1. The molecule has 0 unspecified atom stereocenters. The summed E-state index contributed by atoms with van der Waals surface area (Å²) in [7, 11) is 0. The Morgan fingerprint density at radius 3 is 2.62 bits per heavy atom. The quantitative estimate of drug-likeness (QED) is 0.582. The lowest BCUT2D eigenvalue weighted by molar-refractivity contribution is -0.122. The molecule has 1 heterocycles. The first-order valence-electron chi connectivity index (χ1n) is 7.19. The zero-order chi connectivity index (χ0) is 17.5. The van der Waals surface area contributed by atoms with Gasteiger partial charge in [-0.3, -0.25) is 20.4 Å². The molecule has 2 amide bonds. The molecule has 2 rings (SSSR count). The number of carbonyl (C=O) groups is 2. The average Bonchev–Trinajstić information content (AvgIpc) is 2.97. The van der Waals surface area contributed by atoms with Crippen LogP contribution in [0.2, 0.25) is 9.36 Å². The molecule has 8 heteroatoms. The minimum Gasteiger partial charge on any atom is -0.493 e. The standard InChI is InChI=1S/C16H16Cl2N2O3S/c1-10-9-11(17)4-5-12(10)23-8-2-3-15(21)19-20-16(22)13-6-7-14(18)24-13/h4-7,9H,2-3,8H2,1H3,(H,19,21)(H,20,22). The second-order valence-corrected chi connectivity index (χ2v) is 7.12. The van der Waals surface area contributed by atoms with Crippen LogP contribution >= 0.6 is 34.5 Å². The molecule has 2 N–H and O–H groups in total. The molecular weight excluding hydrogens is 371 g/mol. The average molecular weight is 387 g/mol. The van der Waals surface area contributed by atoms with Gasteiger partial charge < -0.3 is 4.74 Å². The van der Waals surface area contributed by atoms with Gasteiger partial charge in [0.15, 0.2) is 0 Å². The van der Waals surface area contributed by atoms with E-state index in [9.17, 15) is 9.59 Å². The number of halogens is 2. The predicted molar refractivity (Wildman–Crippen MR) is 95.9 cm³/mol. The van der Waals surface area contributed by atoms with E-state index in [1.165, 1.54) is 0 Å². The maximum Gasteiger partial charge on any atom is 0.279 e. The molecule has 0 aliphatic rings. The fraction of sp³-hybridized carbons (Fsp3) is 0.250. The fourth-order valence-electron chi connectivity index (χ4n) is 1.88. The summed E-state index contributed by atoms with van der Waals surface area (Å²) in [6.45, 7) is 2.30. The monoisotopic (exact) mass is 386 g/mol. The van der Waals surface area contributed by atoms with Gasteiger partial charge in [0.2, 0.25) is 5.91 Å². The van der Waals surface area contributed by atoms with Crippen molar-refractivity contribution in [2.45, 2.75) is 19.8 Å². The van der Waals surface area contributed by atoms with Crippen LogP contribution in [0.4, 0.5) is 0 Å². The predicted octanol–water partition coefficient (Wildman–Crippen LogP) is 3.98. The number of ether oxygens (including phenoxy) is 1. The highest BCUT2D eigenvalue weighted by Gasteiger charge is 2.09. The highest BCUT2D eigenvalue weighted by Crippen LogP contribution is 2.22. The van der Waals surface area contributed by atoms with Gasteiger partial charge >= 0.3 is 0 Å².